The lowest BCUT2D eigenvalue weighted by Gasteiger charge is -2.18. The largest absolute Gasteiger partial charge is 0.497 e. The number of carbonyl (C=O) groups is 3. The Labute approximate surface area is 198 Å². The van der Waals surface area contributed by atoms with Crippen molar-refractivity contribution in [3.63, 3.8) is 0 Å². The van der Waals surface area contributed by atoms with Gasteiger partial charge in [0.25, 0.3) is 0 Å². The summed E-state index contributed by atoms with van der Waals surface area (Å²) in [6, 6.07) is 14.9. The maximum absolute atomic E-state index is 12.5. The maximum Gasteiger partial charge on any atom is 0.408 e. The van der Waals surface area contributed by atoms with E-state index < -0.39 is 33.8 Å². The first kappa shape index (κ1) is 26.7. The topological polar surface area (TPSA) is 140 Å². The summed E-state index contributed by atoms with van der Waals surface area (Å²) >= 11 is 0. The molecule has 0 aliphatic heterocycles. The Kier molecular flexibility index (Phi) is 10.3. The number of alkyl carbamates (subject to hydrolysis) is 1. The van der Waals surface area contributed by atoms with Gasteiger partial charge in [-0.2, -0.15) is 0 Å². The molecule has 0 spiro atoms. The number of hydrogen-bond donors (Lipinski definition) is 3. The van der Waals surface area contributed by atoms with Crippen molar-refractivity contribution in [2.45, 2.75) is 25.6 Å². The normalized spacial score (nSPS) is 11.7. The molecule has 11 heteroatoms. The number of nitrogens with one attached hydrogen (secondary N) is 3. The molecule has 0 bridgehead atoms. The molecule has 0 aliphatic rings. The molecule has 2 rings (SSSR count). The fourth-order valence-electron chi connectivity index (χ4n) is 2.80. The molecule has 0 radical (unpaired) electrons. The van der Waals surface area contributed by atoms with Crippen molar-refractivity contribution in [1.29, 1.82) is 0 Å². The molecular formula is C23H29N3O7S. The van der Waals surface area contributed by atoms with Crippen LogP contribution in [0.25, 0.3) is 0 Å². The van der Waals surface area contributed by atoms with Crippen LogP contribution in [0.1, 0.15) is 17.5 Å². The summed E-state index contributed by atoms with van der Waals surface area (Å²) in [4.78, 5) is 36.8. The van der Waals surface area contributed by atoms with E-state index in [1.807, 2.05) is 6.07 Å². The number of amides is 3. The number of benzene rings is 2. The highest BCUT2D eigenvalue weighted by Gasteiger charge is 2.23. The lowest BCUT2D eigenvalue weighted by molar-refractivity contribution is -0.127. The number of ether oxygens (including phenoxy) is 2. The van der Waals surface area contributed by atoms with Gasteiger partial charge in [0.15, 0.2) is 0 Å². The molecule has 3 amide bonds. The number of carbonyl (C=O) groups excluding carboxylic acids is 3. The molecule has 2 aromatic rings. The molecule has 0 fully saturated rings. The molecule has 2 aromatic carbocycles. The number of rotatable bonds is 12. The third-order valence-corrected chi connectivity index (χ3v) is 5.65. The summed E-state index contributed by atoms with van der Waals surface area (Å²) in [5.74, 6) is -0.775. The van der Waals surface area contributed by atoms with Crippen LogP contribution in [0.4, 0.5) is 4.79 Å². The molecule has 1 unspecified atom stereocenters. The van der Waals surface area contributed by atoms with E-state index in [0.29, 0.717) is 5.75 Å². The van der Waals surface area contributed by atoms with Crippen LogP contribution < -0.4 is 20.7 Å². The quantitative estimate of drug-likeness (QED) is 0.405. The highest BCUT2D eigenvalue weighted by molar-refractivity contribution is 7.90. The molecule has 34 heavy (non-hydrogen) atoms. The fourth-order valence-corrected chi connectivity index (χ4v) is 3.47. The lowest BCUT2D eigenvalue weighted by Crippen LogP contribution is -2.49. The molecule has 1 atom stereocenters. The second-order valence-electron chi connectivity index (χ2n) is 7.52. The van der Waals surface area contributed by atoms with Gasteiger partial charge in [0.1, 0.15) is 28.2 Å². The van der Waals surface area contributed by atoms with Gasteiger partial charge in [-0.1, -0.05) is 42.5 Å². The maximum atomic E-state index is 12.5. The Balaban J connectivity index is 1.85. The van der Waals surface area contributed by atoms with Gasteiger partial charge in [0, 0.05) is 12.8 Å². The van der Waals surface area contributed by atoms with Crippen molar-refractivity contribution in [1.82, 2.24) is 16.0 Å². The molecule has 184 valence electrons. The Hall–Kier alpha value is -3.60. The van der Waals surface area contributed by atoms with Crippen molar-refractivity contribution < 1.29 is 32.3 Å². The Morgan fingerprint density at radius 2 is 1.62 bits per heavy atom. The summed E-state index contributed by atoms with van der Waals surface area (Å²) in [7, 11) is -1.82. The highest BCUT2D eigenvalue weighted by atomic mass is 32.2. The monoisotopic (exact) mass is 491 g/mol. The summed E-state index contributed by atoms with van der Waals surface area (Å²) in [6.45, 7) is -0.105. The second-order valence-corrected chi connectivity index (χ2v) is 9.78. The van der Waals surface area contributed by atoms with Crippen LogP contribution >= 0.6 is 0 Å². The second kappa shape index (κ2) is 13.2. The van der Waals surface area contributed by atoms with Crippen molar-refractivity contribution >= 4 is 27.7 Å². The van der Waals surface area contributed by atoms with E-state index in [1.54, 1.807) is 55.6 Å². The zero-order chi connectivity index (χ0) is 25.0. The van der Waals surface area contributed by atoms with Crippen LogP contribution in [-0.2, 0) is 37.3 Å². The Morgan fingerprint density at radius 1 is 0.941 bits per heavy atom. The molecular weight excluding hydrogens is 462 g/mol. The molecule has 0 saturated carbocycles. The molecule has 0 aromatic heterocycles. The van der Waals surface area contributed by atoms with Gasteiger partial charge in [-0.3, -0.25) is 9.59 Å². The Bertz CT molecular complexity index is 1060. The van der Waals surface area contributed by atoms with Gasteiger partial charge in [0.2, 0.25) is 11.8 Å². The number of hydrogen-bond acceptors (Lipinski definition) is 7. The van der Waals surface area contributed by atoms with Crippen LogP contribution in [0.5, 0.6) is 5.75 Å². The van der Waals surface area contributed by atoms with E-state index in [4.69, 9.17) is 9.47 Å². The van der Waals surface area contributed by atoms with Gasteiger partial charge in [0.05, 0.1) is 19.4 Å². The van der Waals surface area contributed by atoms with E-state index >= 15 is 0 Å². The van der Waals surface area contributed by atoms with Crippen LogP contribution in [0.3, 0.4) is 0 Å². The molecule has 0 saturated heterocycles. The van der Waals surface area contributed by atoms with Crippen LogP contribution in [0, 0.1) is 0 Å². The van der Waals surface area contributed by atoms with Gasteiger partial charge in [-0.25, -0.2) is 13.2 Å². The van der Waals surface area contributed by atoms with Crippen molar-refractivity contribution in [3.05, 3.63) is 65.7 Å². The van der Waals surface area contributed by atoms with E-state index in [0.717, 1.165) is 17.4 Å². The average Bonchev–Trinajstić information content (AvgIpc) is 2.82. The first-order valence-corrected chi connectivity index (χ1v) is 12.5. The van der Waals surface area contributed by atoms with E-state index in [2.05, 4.69) is 16.0 Å². The summed E-state index contributed by atoms with van der Waals surface area (Å²) in [5.41, 5.74) is 1.60. The third kappa shape index (κ3) is 10.3. The van der Waals surface area contributed by atoms with E-state index in [1.165, 1.54) is 0 Å². The van der Waals surface area contributed by atoms with Crippen LogP contribution in [0.15, 0.2) is 54.6 Å². The highest BCUT2D eigenvalue weighted by Crippen LogP contribution is 2.10. The average molecular weight is 492 g/mol. The van der Waals surface area contributed by atoms with Gasteiger partial charge < -0.3 is 25.4 Å². The SMILES string of the molecule is COc1ccc(CNC(=O)CNC(=O)C(CCS(C)(=O)=O)NC(=O)OCc2ccccc2)cc1. The molecule has 3 N–H and O–H groups in total. The standard InChI is InChI=1S/C23H29N3O7S/c1-32-19-10-8-17(9-11-19)14-24-21(27)15-25-22(28)20(12-13-34(2,30)31)26-23(29)33-16-18-6-4-3-5-7-18/h3-11,20H,12-16H2,1-2H3,(H,24,27)(H,25,28)(H,26,29). The summed E-state index contributed by atoms with van der Waals surface area (Å²) in [5, 5.41) is 7.45. The van der Waals surface area contributed by atoms with Gasteiger partial charge in [-0.15, -0.1) is 0 Å². The van der Waals surface area contributed by atoms with Crippen molar-refractivity contribution in [2.75, 3.05) is 25.7 Å². The van der Waals surface area contributed by atoms with Crippen LogP contribution in [0.2, 0.25) is 0 Å². The summed E-state index contributed by atoms with van der Waals surface area (Å²) < 4.78 is 33.2. The van der Waals surface area contributed by atoms with E-state index in [-0.39, 0.29) is 31.9 Å². The third-order valence-electron chi connectivity index (χ3n) is 4.67. The minimum atomic E-state index is -3.38. The minimum Gasteiger partial charge on any atom is -0.497 e. The predicted octanol–water partition coefficient (Wildman–Crippen LogP) is 1.16. The smallest absolute Gasteiger partial charge is 0.408 e. The zero-order valence-corrected chi connectivity index (χ0v) is 19.9. The van der Waals surface area contributed by atoms with E-state index in [9.17, 15) is 22.8 Å². The van der Waals surface area contributed by atoms with Crippen molar-refractivity contribution in [2.24, 2.45) is 0 Å². The molecule has 0 heterocycles. The minimum absolute atomic E-state index is 0.0130. The first-order valence-electron chi connectivity index (χ1n) is 10.5. The predicted molar refractivity (Wildman–Crippen MR) is 126 cm³/mol. The molecule has 10 nitrogen and oxygen atoms in total. The van der Waals surface area contributed by atoms with Crippen molar-refractivity contribution in [3.8, 4) is 5.75 Å². The van der Waals surface area contributed by atoms with Crippen LogP contribution in [-0.4, -0.2) is 58.0 Å². The molecule has 0 aliphatic carbocycles. The summed E-state index contributed by atoms with van der Waals surface area (Å²) in [6.07, 6.45) is -0.0117. The first-order chi connectivity index (χ1) is 16.2. The number of sulfone groups is 1. The fraction of sp³-hybridized carbons (Fsp3) is 0.348. The Morgan fingerprint density at radius 3 is 2.24 bits per heavy atom. The number of methoxy groups -OCH3 is 1. The van der Waals surface area contributed by atoms with Gasteiger partial charge in [-0.05, 0) is 29.7 Å². The zero-order valence-electron chi connectivity index (χ0n) is 19.1. The van der Waals surface area contributed by atoms with Gasteiger partial charge >= 0.3 is 6.09 Å². The lowest BCUT2D eigenvalue weighted by atomic mass is 10.2.